The van der Waals surface area contributed by atoms with Crippen LogP contribution in [0.4, 0.5) is 0 Å². The Morgan fingerprint density at radius 3 is 2.67 bits per heavy atom. The van der Waals surface area contributed by atoms with Crippen molar-refractivity contribution in [1.82, 2.24) is 4.90 Å². The lowest BCUT2D eigenvalue weighted by Gasteiger charge is -2.17. The van der Waals surface area contributed by atoms with Gasteiger partial charge in [-0.15, -0.1) is 0 Å². The van der Waals surface area contributed by atoms with E-state index in [0.717, 1.165) is 16.7 Å². The Morgan fingerprint density at radius 1 is 1.75 bits per heavy atom. The minimum atomic E-state index is -1.06. The maximum Gasteiger partial charge on any atom is 0.327 e. The van der Waals surface area contributed by atoms with Gasteiger partial charge in [0.1, 0.15) is 6.04 Å². The molecule has 1 aliphatic heterocycles. The van der Waals surface area contributed by atoms with Gasteiger partial charge in [0.2, 0.25) is 5.91 Å². The number of amidine groups is 1. The molecule has 0 radical (unpaired) electrons. The maximum absolute atomic E-state index is 10.9. The van der Waals surface area contributed by atoms with Gasteiger partial charge in [0, 0.05) is 12.7 Å². The van der Waals surface area contributed by atoms with E-state index in [1.807, 2.05) is 0 Å². The van der Waals surface area contributed by atoms with Crippen molar-refractivity contribution < 1.29 is 14.7 Å². The second-order valence-electron chi connectivity index (χ2n) is 2.36. The molecule has 0 aromatic carbocycles. The molecular weight excluding hydrogens is 180 g/mol. The Labute approximate surface area is 73.2 Å². The van der Waals surface area contributed by atoms with Gasteiger partial charge in [-0.3, -0.25) is 15.1 Å². The third-order valence-electron chi connectivity index (χ3n) is 1.53. The van der Waals surface area contributed by atoms with Crippen LogP contribution < -0.4 is 0 Å². The molecule has 1 saturated heterocycles. The van der Waals surface area contributed by atoms with Crippen LogP contribution in [0.2, 0.25) is 0 Å². The fourth-order valence-corrected chi connectivity index (χ4v) is 1.99. The van der Waals surface area contributed by atoms with Gasteiger partial charge in [-0.1, -0.05) is 11.8 Å². The zero-order chi connectivity index (χ0) is 9.30. The lowest BCUT2D eigenvalue weighted by atomic mass is 10.3. The van der Waals surface area contributed by atoms with E-state index in [1.165, 1.54) is 6.92 Å². The number of nitrogens with zero attached hydrogens (tertiary/aromatic N) is 1. The van der Waals surface area contributed by atoms with Crippen molar-refractivity contribution in [3.63, 3.8) is 0 Å². The van der Waals surface area contributed by atoms with Crippen LogP contribution in [-0.2, 0) is 9.59 Å². The summed E-state index contributed by atoms with van der Waals surface area (Å²) in [5.41, 5.74) is 0. The first kappa shape index (κ1) is 9.05. The molecule has 1 fully saturated rings. The molecule has 1 amide bonds. The van der Waals surface area contributed by atoms with Crippen molar-refractivity contribution in [2.75, 3.05) is 5.75 Å². The molecule has 6 heteroatoms. The van der Waals surface area contributed by atoms with Gasteiger partial charge in [-0.05, 0) is 0 Å². The SMILES string of the molecule is CC(=O)N1C(=N)SCC1C(=O)O. The summed E-state index contributed by atoms with van der Waals surface area (Å²) < 4.78 is 0. The van der Waals surface area contributed by atoms with Crippen LogP contribution in [0.5, 0.6) is 0 Å². The van der Waals surface area contributed by atoms with Crippen LogP contribution in [0.15, 0.2) is 0 Å². The second-order valence-corrected chi connectivity index (χ2v) is 3.37. The van der Waals surface area contributed by atoms with E-state index in [1.54, 1.807) is 0 Å². The molecular formula is C6H8N2O3S. The lowest BCUT2D eigenvalue weighted by molar-refractivity contribution is -0.144. The summed E-state index contributed by atoms with van der Waals surface area (Å²) in [4.78, 5) is 22.4. The zero-order valence-electron chi connectivity index (χ0n) is 6.40. The summed E-state index contributed by atoms with van der Waals surface area (Å²) in [6, 6.07) is -0.861. The third kappa shape index (κ3) is 1.42. The van der Waals surface area contributed by atoms with Crippen LogP contribution in [0.1, 0.15) is 6.92 Å². The average Bonchev–Trinajstić information content (AvgIpc) is 2.30. The van der Waals surface area contributed by atoms with Gasteiger partial charge in [-0.25, -0.2) is 4.79 Å². The van der Waals surface area contributed by atoms with E-state index in [-0.39, 0.29) is 10.9 Å². The predicted molar refractivity (Wildman–Crippen MR) is 44.1 cm³/mol. The predicted octanol–water partition coefficient (Wildman–Crippen LogP) is -0.0303. The molecule has 66 valence electrons. The summed E-state index contributed by atoms with van der Waals surface area (Å²) in [6.45, 7) is 1.26. The van der Waals surface area contributed by atoms with Crippen molar-refractivity contribution in [2.24, 2.45) is 0 Å². The fraction of sp³-hybridized carbons (Fsp3) is 0.500. The van der Waals surface area contributed by atoms with E-state index in [9.17, 15) is 9.59 Å². The van der Waals surface area contributed by atoms with Crippen LogP contribution in [0.25, 0.3) is 0 Å². The number of rotatable bonds is 1. The molecule has 1 aliphatic rings. The fourth-order valence-electron chi connectivity index (χ4n) is 0.988. The Bertz CT molecular complexity index is 253. The smallest absolute Gasteiger partial charge is 0.327 e. The topological polar surface area (TPSA) is 81.5 Å². The molecule has 1 rings (SSSR count). The van der Waals surface area contributed by atoms with Crippen LogP contribution >= 0.6 is 11.8 Å². The second kappa shape index (κ2) is 3.14. The molecule has 0 aromatic heterocycles. The molecule has 2 N–H and O–H groups in total. The molecule has 5 nitrogen and oxygen atoms in total. The number of amides is 1. The molecule has 1 unspecified atom stereocenters. The number of hydrogen-bond acceptors (Lipinski definition) is 4. The molecule has 0 aliphatic carbocycles. The number of nitrogens with one attached hydrogen (secondary N) is 1. The van der Waals surface area contributed by atoms with Crippen molar-refractivity contribution in [3.8, 4) is 0 Å². The Balaban J connectivity index is 2.84. The Kier molecular flexibility index (Phi) is 2.37. The van der Waals surface area contributed by atoms with Crippen LogP contribution in [-0.4, -0.2) is 38.8 Å². The first-order valence-electron chi connectivity index (χ1n) is 3.28. The van der Waals surface area contributed by atoms with Gasteiger partial charge >= 0.3 is 5.97 Å². The highest BCUT2D eigenvalue weighted by molar-refractivity contribution is 8.14. The molecule has 12 heavy (non-hydrogen) atoms. The van der Waals surface area contributed by atoms with Gasteiger partial charge in [0.15, 0.2) is 5.17 Å². The highest BCUT2D eigenvalue weighted by atomic mass is 32.2. The molecule has 0 bridgehead atoms. The van der Waals surface area contributed by atoms with Gasteiger partial charge < -0.3 is 5.11 Å². The van der Waals surface area contributed by atoms with E-state index < -0.39 is 17.9 Å². The van der Waals surface area contributed by atoms with Crippen molar-refractivity contribution in [1.29, 1.82) is 5.41 Å². The maximum atomic E-state index is 10.9. The molecule has 1 atom stereocenters. The third-order valence-corrected chi connectivity index (χ3v) is 2.49. The van der Waals surface area contributed by atoms with Gasteiger partial charge in [0.05, 0.1) is 0 Å². The van der Waals surface area contributed by atoms with Gasteiger partial charge in [0.25, 0.3) is 0 Å². The lowest BCUT2D eigenvalue weighted by Crippen LogP contribution is -2.42. The van der Waals surface area contributed by atoms with Crippen molar-refractivity contribution in [2.45, 2.75) is 13.0 Å². The summed E-state index contributed by atoms with van der Waals surface area (Å²) >= 11 is 1.08. The van der Waals surface area contributed by atoms with Crippen LogP contribution in [0, 0.1) is 5.41 Å². The quantitative estimate of drug-likeness (QED) is 0.605. The molecule has 1 heterocycles. The van der Waals surface area contributed by atoms with E-state index in [2.05, 4.69) is 0 Å². The van der Waals surface area contributed by atoms with E-state index >= 15 is 0 Å². The number of carboxylic acid groups (broad SMARTS) is 1. The normalized spacial score (nSPS) is 22.9. The highest BCUT2D eigenvalue weighted by Crippen LogP contribution is 2.22. The number of carbonyl (C=O) groups is 2. The summed E-state index contributed by atoms with van der Waals surface area (Å²) in [6.07, 6.45) is 0. The van der Waals surface area contributed by atoms with Gasteiger partial charge in [-0.2, -0.15) is 0 Å². The summed E-state index contributed by atoms with van der Waals surface area (Å²) in [7, 11) is 0. The Hall–Kier alpha value is -1.04. The zero-order valence-corrected chi connectivity index (χ0v) is 7.22. The molecule has 0 aromatic rings. The molecule has 0 saturated carbocycles. The number of thioether (sulfide) groups is 1. The number of carbonyl (C=O) groups excluding carboxylic acids is 1. The van der Waals surface area contributed by atoms with E-state index in [4.69, 9.17) is 10.5 Å². The number of carboxylic acids is 1. The number of hydrogen-bond donors (Lipinski definition) is 2. The minimum Gasteiger partial charge on any atom is -0.480 e. The standard InChI is InChI=1S/C6H8N2O3S/c1-3(9)8-4(5(10)11)2-12-6(8)7/h4,7H,2H2,1H3,(H,10,11). The van der Waals surface area contributed by atoms with Crippen LogP contribution in [0.3, 0.4) is 0 Å². The highest BCUT2D eigenvalue weighted by Gasteiger charge is 2.37. The first-order chi connectivity index (χ1) is 5.54. The summed E-state index contributed by atoms with van der Waals surface area (Å²) in [5.74, 6) is -1.18. The van der Waals surface area contributed by atoms with Crippen molar-refractivity contribution >= 4 is 28.8 Å². The monoisotopic (exact) mass is 188 g/mol. The molecule has 0 spiro atoms. The summed E-state index contributed by atoms with van der Waals surface area (Å²) in [5, 5.41) is 15.9. The number of aliphatic carboxylic acids is 1. The average molecular weight is 188 g/mol. The van der Waals surface area contributed by atoms with E-state index in [0.29, 0.717) is 0 Å². The largest absolute Gasteiger partial charge is 0.480 e. The van der Waals surface area contributed by atoms with Crippen molar-refractivity contribution in [3.05, 3.63) is 0 Å². The Morgan fingerprint density at radius 2 is 2.33 bits per heavy atom. The minimum absolute atomic E-state index is 0.0231. The first-order valence-corrected chi connectivity index (χ1v) is 4.26.